The van der Waals surface area contributed by atoms with Crippen molar-refractivity contribution < 1.29 is 9.53 Å². The average molecular weight is 343 g/mol. The van der Waals surface area contributed by atoms with E-state index in [0.717, 1.165) is 11.1 Å². The first kappa shape index (κ1) is 17.3. The van der Waals surface area contributed by atoms with Gasteiger partial charge in [0.05, 0.1) is 6.54 Å². The van der Waals surface area contributed by atoms with Gasteiger partial charge < -0.3 is 4.74 Å². The van der Waals surface area contributed by atoms with Gasteiger partial charge in [-0.2, -0.15) is 0 Å². The first-order valence-corrected chi connectivity index (χ1v) is 8.17. The molecule has 0 heterocycles. The summed E-state index contributed by atoms with van der Waals surface area (Å²) in [5, 5.41) is 3.53. The minimum Gasteiger partial charge on any atom is -0.489 e. The smallest absolute Gasteiger partial charge is 0.193 e. The van der Waals surface area contributed by atoms with Crippen molar-refractivity contribution in [2.75, 3.05) is 0 Å². The Balaban J connectivity index is 1.59. The Kier molecular flexibility index (Phi) is 5.65. The number of nitrogens with zero attached hydrogens (tertiary/aromatic N) is 3. The van der Waals surface area contributed by atoms with Crippen molar-refractivity contribution in [1.82, 2.24) is 0 Å². The number of ketones is 1. The Morgan fingerprint density at radius 1 is 0.846 bits per heavy atom. The minimum absolute atomic E-state index is 0.00670. The van der Waals surface area contributed by atoms with Gasteiger partial charge in [-0.3, -0.25) is 4.79 Å². The molecule has 0 aliphatic carbocycles. The lowest BCUT2D eigenvalue weighted by Gasteiger charge is -2.08. The molecule has 0 aromatic heterocycles. The fraction of sp³-hybridized carbons (Fsp3) is 0.0952. The standard InChI is InChI=1S/C21H17N3O2/c22-24-23-14-16-6-8-17(9-7-16)15-26-20-12-10-19(11-13-20)21(25)18-4-2-1-3-5-18/h1-13H,14-15H2. The highest BCUT2D eigenvalue weighted by atomic mass is 16.5. The van der Waals surface area contributed by atoms with Crippen LogP contribution in [0.2, 0.25) is 0 Å². The first-order chi connectivity index (χ1) is 12.8. The topological polar surface area (TPSA) is 75.1 Å². The molecule has 0 fully saturated rings. The maximum absolute atomic E-state index is 12.4. The molecule has 0 amide bonds. The lowest BCUT2D eigenvalue weighted by molar-refractivity contribution is 0.103. The number of azide groups is 1. The zero-order valence-corrected chi connectivity index (χ0v) is 14.1. The maximum Gasteiger partial charge on any atom is 0.193 e. The largest absolute Gasteiger partial charge is 0.489 e. The van der Waals surface area contributed by atoms with E-state index in [1.54, 1.807) is 36.4 Å². The molecule has 0 saturated carbocycles. The second-order valence-corrected chi connectivity index (χ2v) is 5.71. The van der Waals surface area contributed by atoms with Crippen LogP contribution in [-0.2, 0) is 13.2 Å². The number of hydrogen-bond donors (Lipinski definition) is 0. The quantitative estimate of drug-likeness (QED) is 0.252. The molecule has 0 saturated heterocycles. The van der Waals surface area contributed by atoms with Crippen molar-refractivity contribution in [3.63, 3.8) is 0 Å². The Morgan fingerprint density at radius 3 is 2.12 bits per heavy atom. The fourth-order valence-electron chi connectivity index (χ4n) is 2.48. The summed E-state index contributed by atoms with van der Waals surface area (Å²) in [5.41, 5.74) is 11.6. The van der Waals surface area contributed by atoms with Gasteiger partial charge >= 0.3 is 0 Å². The second-order valence-electron chi connectivity index (χ2n) is 5.71. The van der Waals surface area contributed by atoms with Gasteiger partial charge in [0, 0.05) is 16.0 Å². The van der Waals surface area contributed by atoms with E-state index in [0.29, 0.717) is 30.0 Å². The number of carbonyl (C=O) groups excluding carboxylic acids is 1. The normalized spacial score (nSPS) is 10.0. The highest BCUT2D eigenvalue weighted by Crippen LogP contribution is 2.17. The number of benzene rings is 3. The van der Waals surface area contributed by atoms with Gasteiger partial charge in [-0.15, -0.1) is 0 Å². The summed E-state index contributed by atoms with van der Waals surface area (Å²) < 4.78 is 5.76. The van der Waals surface area contributed by atoms with Crippen molar-refractivity contribution in [3.05, 3.63) is 112 Å². The van der Waals surface area contributed by atoms with Crippen LogP contribution < -0.4 is 4.74 Å². The van der Waals surface area contributed by atoms with E-state index >= 15 is 0 Å². The number of carbonyl (C=O) groups is 1. The molecule has 128 valence electrons. The van der Waals surface area contributed by atoms with Crippen LogP contribution in [0, 0.1) is 0 Å². The summed E-state index contributed by atoms with van der Waals surface area (Å²) in [5.74, 6) is 0.695. The van der Waals surface area contributed by atoms with E-state index in [-0.39, 0.29) is 5.78 Å². The van der Waals surface area contributed by atoms with E-state index in [1.165, 1.54) is 0 Å². The highest BCUT2D eigenvalue weighted by molar-refractivity contribution is 6.08. The Labute approximate surface area is 151 Å². The zero-order valence-electron chi connectivity index (χ0n) is 14.1. The summed E-state index contributed by atoms with van der Waals surface area (Å²) in [6.45, 7) is 0.766. The van der Waals surface area contributed by atoms with Gasteiger partial charge in [-0.25, -0.2) is 0 Å². The van der Waals surface area contributed by atoms with E-state index < -0.39 is 0 Å². The van der Waals surface area contributed by atoms with Crippen LogP contribution >= 0.6 is 0 Å². The molecular formula is C21H17N3O2. The SMILES string of the molecule is [N-]=[N+]=NCc1ccc(COc2ccc(C(=O)c3ccccc3)cc2)cc1. The van der Waals surface area contributed by atoms with Gasteiger partial charge in [0.2, 0.25) is 0 Å². The third-order valence-electron chi connectivity index (χ3n) is 3.90. The van der Waals surface area contributed by atoms with Crippen LogP contribution in [0.15, 0.2) is 84.0 Å². The molecule has 0 atom stereocenters. The van der Waals surface area contributed by atoms with Crippen molar-refractivity contribution in [2.45, 2.75) is 13.2 Å². The molecule has 0 unspecified atom stereocenters. The highest BCUT2D eigenvalue weighted by Gasteiger charge is 2.08. The van der Waals surface area contributed by atoms with E-state index in [4.69, 9.17) is 10.3 Å². The third-order valence-corrected chi connectivity index (χ3v) is 3.90. The molecular weight excluding hydrogens is 326 g/mol. The van der Waals surface area contributed by atoms with E-state index in [1.807, 2.05) is 42.5 Å². The average Bonchev–Trinajstić information content (AvgIpc) is 2.72. The molecule has 3 rings (SSSR count). The molecule has 26 heavy (non-hydrogen) atoms. The van der Waals surface area contributed by atoms with Crippen LogP contribution in [0.25, 0.3) is 10.4 Å². The van der Waals surface area contributed by atoms with Crippen LogP contribution in [0.4, 0.5) is 0 Å². The predicted molar refractivity (Wildman–Crippen MR) is 99.9 cm³/mol. The van der Waals surface area contributed by atoms with Gasteiger partial charge in [-0.05, 0) is 40.9 Å². The summed E-state index contributed by atoms with van der Waals surface area (Å²) >= 11 is 0. The molecule has 3 aromatic rings. The number of hydrogen-bond acceptors (Lipinski definition) is 3. The Morgan fingerprint density at radius 2 is 1.46 bits per heavy atom. The van der Waals surface area contributed by atoms with Crippen LogP contribution in [0.5, 0.6) is 5.75 Å². The van der Waals surface area contributed by atoms with Gasteiger partial charge in [0.25, 0.3) is 0 Å². The first-order valence-electron chi connectivity index (χ1n) is 8.17. The molecule has 0 spiro atoms. The third kappa shape index (κ3) is 4.50. The van der Waals surface area contributed by atoms with E-state index in [2.05, 4.69) is 10.0 Å². The van der Waals surface area contributed by atoms with Crippen molar-refractivity contribution in [3.8, 4) is 5.75 Å². The maximum atomic E-state index is 12.4. The molecule has 0 N–H and O–H groups in total. The Hall–Kier alpha value is -3.56. The van der Waals surface area contributed by atoms with Crippen molar-refractivity contribution in [2.24, 2.45) is 5.11 Å². The van der Waals surface area contributed by atoms with Crippen LogP contribution in [0.1, 0.15) is 27.0 Å². The Bertz CT molecular complexity index is 914. The molecule has 0 bridgehead atoms. The second kappa shape index (κ2) is 8.51. The lowest BCUT2D eigenvalue weighted by Crippen LogP contribution is -2.01. The van der Waals surface area contributed by atoms with Crippen LogP contribution in [0.3, 0.4) is 0 Å². The minimum atomic E-state index is -0.00670. The summed E-state index contributed by atoms with van der Waals surface area (Å²) in [6, 6.07) is 24.0. The summed E-state index contributed by atoms with van der Waals surface area (Å²) in [4.78, 5) is 15.1. The molecule has 0 radical (unpaired) electrons. The fourth-order valence-corrected chi connectivity index (χ4v) is 2.48. The number of ether oxygens (including phenoxy) is 1. The van der Waals surface area contributed by atoms with Crippen molar-refractivity contribution in [1.29, 1.82) is 0 Å². The molecule has 0 aliphatic rings. The molecule has 5 heteroatoms. The van der Waals surface area contributed by atoms with Gasteiger partial charge in [-0.1, -0.05) is 59.7 Å². The van der Waals surface area contributed by atoms with E-state index in [9.17, 15) is 4.79 Å². The van der Waals surface area contributed by atoms with Gasteiger partial charge in [0.1, 0.15) is 12.4 Å². The van der Waals surface area contributed by atoms with Gasteiger partial charge in [0.15, 0.2) is 5.78 Å². The number of rotatable bonds is 7. The lowest BCUT2D eigenvalue weighted by atomic mass is 10.0. The summed E-state index contributed by atoms with van der Waals surface area (Å²) in [6.07, 6.45) is 0. The monoisotopic (exact) mass is 343 g/mol. The molecule has 0 aliphatic heterocycles. The predicted octanol–water partition coefficient (Wildman–Crippen LogP) is 5.31. The van der Waals surface area contributed by atoms with Crippen molar-refractivity contribution >= 4 is 5.78 Å². The van der Waals surface area contributed by atoms with Crippen LogP contribution in [-0.4, -0.2) is 5.78 Å². The summed E-state index contributed by atoms with van der Waals surface area (Å²) in [7, 11) is 0. The zero-order chi connectivity index (χ0) is 18.2. The molecule has 3 aromatic carbocycles. The molecule has 5 nitrogen and oxygen atoms in total.